The Morgan fingerprint density at radius 2 is 1.66 bits per heavy atom. The number of benzene rings is 2. The second-order valence-electron chi connectivity index (χ2n) is 7.78. The van der Waals surface area contributed by atoms with Gasteiger partial charge in [-0.15, -0.1) is 0 Å². The lowest BCUT2D eigenvalue weighted by Crippen LogP contribution is -2.47. The highest BCUT2D eigenvalue weighted by Gasteiger charge is 2.20. The Hall–Kier alpha value is -3.08. The lowest BCUT2D eigenvalue weighted by molar-refractivity contribution is 0.639. The van der Waals surface area contributed by atoms with Crippen molar-refractivity contribution in [3.05, 3.63) is 77.0 Å². The average Bonchev–Trinajstić information content (AvgIpc) is 2.75. The maximum Gasteiger partial charge on any atom is 0.227 e. The van der Waals surface area contributed by atoms with Gasteiger partial charge in [-0.2, -0.15) is 4.98 Å². The average molecular weight is 388 g/mol. The van der Waals surface area contributed by atoms with Crippen LogP contribution in [0.15, 0.2) is 54.7 Å². The highest BCUT2D eigenvalue weighted by Crippen LogP contribution is 2.24. The zero-order valence-corrected chi connectivity index (χ0v) is 17.5. The first kappa shape index (κ1) is 19.2. The van der Waals surface area contributed by atoms with Gasteiger partial charge in [-0.05, 0) is 49.6 Å². The largest absolute Gasteiger partial charge is 0.368 e. The molecule has 0 unspecified atom stereocenters. The number of aromatic nitrogens is 2. The normalized spacial score (nSPS) is 14.2. The highest BCUT2D eigenvalue weighted by molar-refractivity contribution is 5.57. The molecule has 1 saturated heterocycles. The number of nitrogens with one attached hydrogen (secondary N) is 1. The van der Waals surface area contributed by atoms with Gasteiger partial charge in [-0.1, -0.05) is 42.0 Å². The third kappa shape index (κ3) is 4.50. The van der Waals surface area contributed by atoms with E-state index in [9.17, 15) is 0 Å². The Bertz CT molecular complexity index is 977. The van der Waals surface area contributed by atoms with E-state index in [-0.39, 0.29) is 0 Å². The van der Waals surface area contributed by atoms with Gasteiger partial charge in [0.2, 0.25) is 5.95 Å². The SMILES string of the molecule is Cc1cccc(CNc2ccnc(N3CCN(c4cccc(C)c4C)CC3)n2)c1. The molecule has 29 heavy (non-hydrogen) atoms. The predicted molar refractivity (Wildman–Crippen MR) is 121 cm³/mol. The van der Waals surface area contributed by atoms with Crippen LogP contribution in [0.4, 0.5) is 17.5 Å². The smallest absolute Gasteiger partial charge is 0.227 e. The van der Waals surface area contributed by atoms with Gasteiger partial charge >= 0.3 is 0 Å². The van der Waals surface area contributed by atoms with Crippen molar-refractivity contribution in [3.8, 4) is 0 Å². The second kappa shape index (κ2) is 8.52. The molecule has 4 rings (SSSR count). The summed E-state index contributed by atoms with van der Waals surface area (Å²) in [6.45, 7) is 11.1. The third-order valence-electron chi connectivity index (χ3n) is 5.68. The van der Waals surface area contributed by atoms with Gasteiger partial charge in [0.1, 0.15) is 5.82 Å². The summed E-state index contributed by atoms with van der Waals surface area (Å²) in [6.07, 6.45) is 1.85. The van der Waals surface area contributed by atoms with Crippen molar-refractivity contribution in [2.75, 3.05) is 41.3 Å². The summed E-state index contributed by atoms with van der Waals surface area (Å²) in [5.74, 6) is 1.67. The summed E-state index contributed by atoms with van der Waals surface area (Å²) in [6, 6.07) is 17.0. The Labute approximate surface area is 173 Å². The zero-order valence-electron chi connectivity index (χ0n) is 17.5. The van der Waals surface area contributed by atoms with Crippen molar-refractivity contribution < 1.29 is 0 Å². The molecular formula is C24H29N5. The van der Waals surface area contributed by atoms with Crippen LogP contribution >= 0.6 is 0 Å². The summed E-state index contributed by atoms with van der Waals surface area (Å²) >= 11 is 0. The standard InChI is InChI=1S/C24H29N5/c1-18-6-4-8-21(16-18)17-26-23-10-11-25-24(27-23)29-14-12-28(13-15-29)22-9-5-7-19(2)20(22)3/h4-11,16H,12-15,17H2,1-3H3,(H,25,26,27). The zero-order chi connectivity index (χ0) is 20.2. The number of anilines is 3. The third-order valence-corrected chi connectivity index (χ3v) is 5.68. The molecule has 0 bridgehead atoms. The first-order valence-electron chi connectivity index (χ1n) is 10.3. The van der Waals surface area contributed by atoms with E-state index in [1.54, 1.807) is 0 Å². The lowest BCUT2D eigenvalue weighted by atomic mass is 10.1. The Morgan fingerprint density at radius 3 is 2.45 bits per heavy atom. The number of hydrogen-bond acceptors (Lipinski definition) is 5. The van der Waals surface area contributed by atoms with Crippen LogP contribution in [0.5, 0.6) is 0 Å². The minimum atomic E-state index is 0.762. The summed E-state index contributed by atoms with van der Waals surface area (Å²) in [7, 11) is 0. The topological polar surface area (TPSA) is 44.3 Å². The number of nitrogens with zero attached hydrogens (tertiary/aromatic N) is 4. The first-order chi connectivity index (χ1) is 14.1. The van der Waals surface area contributed by atoms with Crippen LogP contribution in [-0.2, 0) is 6.54 Å². The van der Waals surface area contributed by atoms with Crippen LogP contribution in [-0.4, -0.2) is 36.1 Å². The lowest BCUT2D eigenvalue weighted by Gasteiger charge is -2.37. The van der Waals surface area contributed by atoms with Crippen molar-refractivity contribution in [2.45, 2.75) is 27.3 Å². The maximum absolute atomic E-state index is 4.75. The van der Waals surface area contributed by atoms with Crippen molar-refractivity contribution in [3.63, 3.8) is 0 Å². The number of hydrogen-bond donors (Lipinski definition) is 1. The maximum atomic E-state index is 4.75. The first-order valence-corrected chi connectivity index (χ1v) is 10.3. The van der Waals surface area contributed by atoms with E-state index in [0.29, 0.717) is 0 Å². The molecule has 2 heterocycles. The Kier molecular flexibility index (Phi) is 5.65. The van der Waals surface area contributed by atoms with Crippen molar-refractivity contribution in [1.82, 2.24) is 9.97 Å². The van der Waals surface area contributed by atoms with Crippen molar-refractivity contribution in [1.29, 1.82) is 0 Å². The van der Waals surface area contributed by atoms with E-state index in [4.69, 9.17) is 4.98 Å². The fraction of sp³-hybridized carbons (Fsp3) is 0.333. The Morgan fingerprint density at radius 1 is 0.897 bits per heavy atom. The van der Waals surface area contributed by atoms with E-state index in [1.807, 2.05) is 12.3 Å². The van der Waals surface area contributed by atoms with Gasteiger partial charge in [0, 0.05) is 44.6 Å². The molecule has 1 aromatic heterocycles. The van der Waals surface area contributed by atoms with Crippen molar-refractivity contribution in [2.24, 2.45) is 0 Å². The number of aryl methyl sites for hydroxylation is 2. The molecule has 3 aromatic rings. The summed E-state index contributed by atoms with van der Waals surface area (Å²) in [5.41, 5.74) is 6.60. The highest BCUT2D eigenvalue weighted by atomic mass is 15.3. The molecule has 1 N–H and O–H groups in total. The van der Waals surface area contributed by atoms with Gasteiger partial charge in [0.05, 0.1) is 0 Å². The summed E-state index contributed by atoms with van der Waals surface area (Å²) in [5, 5.41) is 3.43. The minimum Gasteiger partial charge on any atom is -0.368 e. The van der Waals surface area contributed by atoms with Crippen LogP contribution in [0.2, 0.25) is 0 Å². The molecule has 0 atom stereocenters. The van der Waals surface area contributed by atoms with E-state index in [0.717, 1.165) is 44.5 Å². The van der Waals surface area contributed by atoms with Gasteiger partial charge in [-0.25, -0.2) is 4.98 Å². The molecule has 0 saturated carbocycles. The van der Waals surface area contributed by atoms with E-state index >= 15 is 0 Å². The predicted octanol–water partition coefficient (Wildman–Crippen LogP) is 4.34. The molecule has 150 valence electrons. The summed E-state index contributed by atoms with van der Waals surface area (Å²) < 4.78 is 0. The second-order valence-corrected chi connectivity index (χ2v) is 7.78. The molecule has 1 fully saturated rings. The van der Waals surface area contributed by atoms with Crippen LogP contribution in [0.25, 0.3) is 0 Å². The van der Waals surface area contributed by atoms with Crippen LogP contribution < -0.4 is 15.1 Å². The summed E-state index contributed by atoms with van der Waals surface area (Å²) in [4.78, 5) is 14.0. The fourth-order valence-electron chi connectivity index (χ4n) is 3.84. The molecule has 0 radical (unpaired) electrons. The quantitative estimate of drug-likeness (QED) is 0.705. The monoisotopic (exact) mass is 387 g/mol. The van der Waals surface area contributed by atoms with Gasteiger partial charge in [0.25, 0.3) is 0 Å². The molecule has 1 aliphatic rings. The molecule has 0 aliphatic carbocycles. The van der Waals surface area contributed by atoms with E-state index in [1.165, 1.54) is 27.9 Å². The molecule has 2 aromatic carbocycles. The van der Waals surface area contributed by atoms with Crippen molar-refractivity contribution >= 4 is 17.5 Å². The molecule has 5 heteroatoms. The molecule has 1 aliphatic heterocycles. The Balaban J connectivity index is 1.38. The molecule has 5 nitrogen and oxygen atoms in total. The van der Waals surface area contributed by atoms with E-state index in [2.05, 4.69) is 83.3 Å². The molecule has 0 amide bonds. The fourth-order valence-corrected chi connectivity index (χ4v) is 3.84. The van der Waals surface area contributed by atoms with Gasteiger partial charge in [0.15, 0.2) is 0 Å². The van der Waals surface area contributed by atoms with Crippen LogP contribution in [0.1, 0.15) is 22.3 Å². The number of rotatable bonds is 5. The van der Waals surface area contributed by atoms with Crippen LogP contribution in [0, 0.1) is 20.8 Å². The number of piperazine rings is 1. The van der Waals surface area contributed by atoms with Gasteiger partial charge in [-0.3, -0.25) is 0 Å². The van der Waals surface area contributed by atoms with E-state index < -0.39 is 0 Å². The minimum absolute atomic E-state index is 0.762. The molecule has 0 spiro atoms. The van der Waals surface area contributed by atoms with Gasteiger partial charge < -0.3 is 15.1 Å². The van der Waals surface area contributed by atoms with Crippen LogP contribution in [0.3, 0.4) is 0 Å². The molecular weight excluding hydrogens is 358 g/mol.